The third-order valence-corrected chi connectivity index (χ3v) is 6.28. The fourth-order valence-corrected chi connectivity index (χ4v) is 4.87. The van der Waals surface area contributed by atoms with Crippen LogP contribution in [-0.2, 0) is 4.74 Å². The Balaban J connectivity index is 1.52. The van der Waals surface area contributed by atoms with Crippen LogP contribution in [-0.4, -0.2) is 73.4 Å². The van der Waals surface area contributed by atoms with Gasteiger partial charge in [-0.2, -0.15) is 0 Å². The first-order valence-corrected chi connectivity index (χ1v) is 12.4. The van der Waals surface area contributed by atoms with Crippen molar-refractivity contribution in [3.63, 3.8) is 0 Å². The van der Waals surface area contributed by atoms with Crippen LogP contribution in [0.25, 0.3) is 17.0 Å². The molecule has 1 fully saturated rings. The SMILES string of the molecule is CC(C)OCCOc1ccn2c(-c3cncc(N[C@@H]4CCCN(C(=O)O)C4C(C)(C)C)n3)cnc2c1. The van der Waals surface area contributed by atoms with E-state index in [0.717, 1.165) is 29.9 Å². The highest BCUT2D eigenvalue weighted by molar-refractivity contribution is 5.66. The summed E-state index contributed by atoms with van der Waals surface area (Å²) < 4.78 is 13.2. The quantitative estimate of drug-likeness (QED) is 0.436. The molecule has 4 heterocycles. The summed E-state index contributed by atoms with van der Waals surface area (Å²) in [5.74, 6) is 1.33. The van der Waals surface area contributed by atoms with E-state index in [-0.39, 0.29) is 23.6 Å². The minimum atomic E-state index is -0.886. The first-order chi connectivity index (χ1) is 17.1. The minimum Gasteiger partial charge on any atom is -0.491 e. The second-order valence-electron chi connectivity index (χ2n) is 10.5. The van der Waals surface area contributed by atoms with Gasteiger partial charge in [0.25, 0.3) is 0 Å². The fraction of sp³-hybridized carbons (Fsp3) is 0.538. The summed E-state index contributed by atoms with van der Waals surface area (Å²) in [6, 6.07) is 3.51. The number of amides is 1. The molecule has 1 aliphatic heterocycles. The Morgan fingerprint density at radius 1 is 1.25 bits per heavy atom. The molecule has 3 aromatic rings. The predicted molar refractivity (Wildman–Crippen MR) is 137 cm³/mol. The summed E-state index contributed by atoms with van der Waals surface area (Å²) in [6.07, 6.45) is 7.99. The van der Waals surface area contributed by atoms with Gasteiger partial charge in [0, 0.05) is 24.8 Å². The molecule has 3 aromatic heterocycles. The van der Waals surface area contributed by atoms with Crippen molar-refractivity contribution >= 4 is 17.6 Å². The molecule has 10 nitrogen and oxygen atoms in total. The van der Waals surface area contributed by atoms with E-state index in [9.17, 15) is 9.90 Å². The number of pyridine rings is 1. The van der Waals surface area contributed by atoms with Gasteiger partial charge in [0.2, 0.25) is 0 Å². The van der Waals surface area contributed by atoms with Crippen LogP contribution in [0.2, 0.25) is 0 Å². The third-order valence-electron chi connectivity index (χ3n) is 6.28. The summed E-state index contributed by atoms with van der Waals surface area (Å²) in [6.45, 7) is 11.7. The molecule has 36 heavy (non-hydrogen) atoms. The number of hydrogen-bond acceptors (Lipinski definition) is 7. The first-order valence-electron chi connectivity index (χ1n) is 12.4. The Morgan fingerprint density at radius 2 is 2.06 bits per heavy atom. The standard InChI is InChI=1S/C26H36N6O4/c1-17(2)35-11-12-36-18-8-10-31-21(15-28-23(31)13-18)20-14-27-16-22(30-20)29-19-7-6-9-32(25(33)34)24(19)26(3,4)5/h8,10,13-17,19,24H,6-7,9,11-12H2,1-5H3,(H,29,30)(H,33,34)/t19-,24?/m1/s1. The van der Waals surface area contributed by atoms with Crippen LogP contribution in [0.15, 0.2) is 36.9 Å². The van der Waals surface area contributed by atoms with Gasteiger partial charge in [-0.25, -0.2) is 14.8 Å². The molecule has 2 N–H and O–H groups in total. The largest absolute Gasteiger partial charge is 0.491 e. The van der Waals surface area contributed by atoms with Crippen molar-refractivity contribution in [1.82, 2.24) is 24.3 Å². The molecule has 0 spiro atoms. The average molecular weight is 497 g/mol. The molecule has 4 rings (SSSR count). The first kappa shape index (κ1) is 25.7. The van der Waals surface area contributed by atoms with Gasteiger partial charge in [-0.1, -0.05) is 20.8 Å². The van der Waals surface area contributed by atoms with E-state index in [4.69, 9.17) is 14.5 Å². The lowest BCUT2D eigenvalue weighted by Gasteiger charge is -2.47. The number of carboxylic acid groups (broad SMARTS) is 1. The van der Waals surface area contributed by atoms with E-state index in [2.05, 4.69) is 36.1 Å². The molecular weight excluding hydrogens is 460 g/mol. The van der Waals surface area contributed by atoms with Gasteiger partial charge in [-0.15, -0.1) is 0 Å². The van der Waals surface area contributed by atoms with E-state index in [1.807, 2.05) is 36.6 Å². The number of nitrogens with zero attached hydrogens (tertiary/aromatic N) is 5. The van der Waals surface area contributed by atoms with Crippen molar-refractivity contribution < 1.29 is 19.4 Å². The number of aromatic nitrogens is 4. The molecule has 0 aromatic carbocycles. The van der Waals surface area contributed by atoms with Crippen LogP contribution in [0.5, 0.6) is 5.75 Å². The van der Waals surface area contributed by atoms with E-state index in [1.165, 1.54) is 0 Å². The monoisotopic (exact) mass is 496 g/mol. The number of likely N-dealkylation sites (tertiary alicyclic amines) is 1. The summed E-state index contributed by atoms with van der Waals surface area (Å²) in [7, 11) is 0. The zero-order valence-electron chi connectivity index (χ0n) is 21.6. The van der Waals surface area contributed by atoms with Gasteiger partial charge in [0.05, 0.1) is 43.0 Å². The van der Waals surface area contributed by atoms with E-state index in [1.54, 1.807) is 23.5 Å². The molecule has 0 aliphatic carbocycles. The zero-order valence-corrected chi connectivity index (χ0v) is 21.6. The van der Waals surface area contributed by atoms with Gasteiger partial charge in [-0.05, 0) is 38.2 Å². The molecule has 0 bridgehead atoms. The molecule has 10 heteroatoms. The van der Waals surface area contributed by atoms with Crippen molar-refractivity contribution in [2.75, 3.05) is 25.1 Å². The lowest BCUT2D eigenvalue weighted by atomic mass is 9.77. The van der Waals surface area contributed by atoms with Crippen molar-refractivity contribution in [1.29, 1.82) is 0 Å². The molecule has 1 unspecified atom stereocenters. The second-order valence-corrected chi connectivity index (χ2v) is 10.5. The van der Waals surface area contributed by atoms with Crippen LogP contribution in [0.4, 0.5) is 10.6 Å². The number of imidazole rings is 1. The lowest BCUT2D eigenvalue weighted by Crippen LogP contribution is -2.58. The number of fused-ring (bicyclic) bond motifs is 1. The maximum atomic E-state index is 11.9. The number of anilines is 1. The smallest absolute Gasteiger partial charge is 0.407 e. The highest BCUT2D eigenvalue weighted by Gasteiger charge is 2.41. The van der Waals surface area contributed by atoms with Crippen molar-refractivity contribution in [2.24, 2.45) is 5.41 Å². The normalized spacial score (nSPS) is 18.6. The van der Waals surface area contributed by atoms with Gasteiger partial charge >= 0.3 is 6.09 Å². The van der Waals surface area contributed by atoms with Crippen LogP contribution in [0.1, 0.15) is 47.5 Å². The van der Waals surface area contributed by atoms with Crippen LogP contribution >= 0.6 is 0 Å². The van der Waals surface area contributed by atoms with Crippen molar-refractivity contribution in [2.45, 2.75) is 65.6 Å². The second kappa shape index (κ2) is 10.7. The molecule has 0 saturated carbocycles. The van der Waals surface area contributed by atoms with Gasteiger partial charge in [-0.3, -0.25) is 9.38 Å². The Labute approximate surface area is 211 Å². The number of carbonyl (C=O) groups is 1. The van der Waals surface area contributed by atoms with Crippen molar-refractivity contribution in [3.8, 4) is 17.1 Å². The van der Waals surface area contributed by atoms with E-state index >= 15 is 0 Å². The Bertz CT molecular complexity index is 1190. The summed E-state index contributed by atoms with van der Waals surface area (Å²) in [4.78, 5) is 27.2. The molecule has 2 atom stereocenters. The molecule has 1 aliphatic rings. The lowest BCUT2D eigenvalue weighted by molar-refractivity contribution is 0.0518. The number of hydrogen-bond donors (Lipinski definition) is 2. The third kappa shape index (κ3) is 5.87. The summed E-state index contributed by atoms with van der Waals surface area (Å²) >= 11 is 0. The predicted octanol–water partition coefficient (Wildman–Crippen LogP) is 4.56. The van der Waals surface area contributed by atoms with Crippen LogP contribution in [0.3, 0.4) is 0 Å². The summed E-state index contributed by atoms with van der Waals surface area (Å²) in [5, 5.41) is 13.3. The van der Waals surface area contributed by atoms with Gasteiger partial charge in [0.1, 0.15) is 29.5 Å². The number of piperidine rings is 1. The number of rotatable bonds is 8. The zero-order chi connectivity index (χ0) is 25.9. The van der Waals surface area contributed by atoms with Gasteiger partial charge < -0.3 is 24.8 Å². The van der Waals surface area contributed by atoms with Gasteiger partial charge in [0.15, 0.2) is 0 Å². The highest BCUT2D eigenvalue weighted by atomic mass is 16.5. The number of ether oxygens (including phenoxy) is 2. The summed E-state index contributed by atoms with van der Waals surface area (Å²) in [5.41, 5.74) is 1.98. The number of nitrogens with one attached hydrogen (secondary N) is 1. The molecular formula is C26H36N6O4. The molecule has 1 amide bonds. The Hall–Kier alpha value is -3.40. The van der Waals surface area contributed by atoms with Crippen LogP contribution in [0, 0.1) is 5.41 Å². The van der Waals surface area contributed by atoms with E-state index < -0.39 is 6.09 Å². The fourth-order valence-electron chi connectivity index (χ4n) is 4.87. The van der Waals surface area contributed by atoms with E-state index in [0.29, 0.717) is 31.3 Å². The van der Waals surface area contributed by atoms with Crippen molar-refractivity contribution in [3.05, 3.63) is 36.9 Å². The topological polar surface area (TPSA) is 114 Å². The highest BCUT2D eigenvalue weighted by Crippen LogP contribution is 2.34. The minimum absolute atomic E-state index is 0.0685. The maximum Gasteiger partial charge on any atom is 0.407 e. The Kier molecular flexibility index (Phi) is 7.63. The molecule has 0 radical (unpaired) electrons. The Morgan fingerprint density at radius 3 is 2.78 bits per heavy atom. The van der Waals surface area contributed by atoms with Crippen LogP contribution < -0.4 is 10.1 Å². The average Bonchev–Trinajstić information content (AvgIpc) is 3.24. The molecule has 1 saturated heterocycles. The maximum absolute atomic E-state index is 11.9. The molecule has 194 valence electrons.